The van der Waals surface area contributed by atoms with Gasteiger partial charge in [0.2, 0.25) is 16.6 Å². The van der Waals surface area contributed by atoms with Crippen molar-refractivity contribution < 1.29 is 23.2 Å². The van der Waals surface area contributed by atoms with E-state index in [9.17, 15) is 9.59 Å². The van der Waals surface area contributed by atoms with E-state index in [2.05, 4.69) is 134 Å². The molecule has 4 aromatic carbocycles. The summed E-state index contributed by atoms with van der Waals surface area (Å²) in [6.07, 6.45) is 7.63. The number of carbonyl (C=O) groups is 2. The van der Waals surface area contributed by atoms with Gasteiger partial charge in [0, 0.05) is 11.1 Å². The maximum atomic E-state index is 11.9. The zero-order chi connectivity index (χ0) is 36.4. The third-order valence-electron chi connectivity index (χ3n) is 9.32. The van der Waals surface area contributed by atoms with Crippen molar-refractivity contribution in [3.8, 4) is 0 Å². The molecule has 0 amide bonds. The molecule has 0 heterocycles. The highest BCUT2D eigenvalue weighted by Gasteiger charge is 2.49. The van der Waals surface area contributed by atoms with Gasteiger partial charge in [0.25, 0.3) is 0 Å². The Kier molecular flexibility index (Phi) is 15.9. The number of hydrogen-bond acceptors (Lipinski definition) is 5. The summed E-state index contributed by atoms with van der Waals surface area (Å²) in [5.41, 5.74) is 0.865. The molecule has 51 heavy (non-hydrogen) atoms. The van der Waals surface area contributed by atoms with Crippen LogP contribution in [0.4, 0.5) is 0 Å². The predicted molar refractivity (Wildman–Crippen MR) is 215 cm³/mol. The normalized spacial score (nSPS) is 11.5. The lowest BCUT2D eigenvalue weighted by atomic mass is 10.2. The van der Waals surface area contributed by atoms with Crippen LogP contribution in [0.2, 0.25) is 12.1 Å². The molecular weight excluding hydrogens is 665 g/mol. The standard InChI is InChI=1S/C44H54O5Si2/c1-37(2)43(45)47-33-21-5-7-23-35-50(39-25-13-9-14-26-39,40-27-15-10-16-28-40)49-51(41-29-17-11-18-30-41,42-31-19-12-20-32-42)36-24-8-6-22-34-48-44(46)38(3)4/h9-20,25-32H,1,3,5-8,21-24,33-36H2,2,4H3. The van der Waals surface area contributed by atoms with Crippen LogP contribution in [0.1, 0.15) is 65.2 Å². The Morgan fingerprint density at radius 3 is 1.00 bits per heavy atom. The molecule has 0 saturated heterocycles. The van der Waals surface area contributed by atoms with Crippen LogP contribution in [0.3, 0.4) is 0 Å². The van der Waals surface area contributed by atoms with Crippen molar-refractivity contribution >= 4 is 49.3 Å². The molecule has 0 spiro atoms. The second-order valence-electron chi connectivity index (χ2n) is 13.4. The number of esters is 2. The van der Waals surface area contributed by atoms with Crippen molar-refractivity contribution in [1.82, 2.24) is 0 Å². The first-order valence-electron chi connectivity index (χ1n) is 18.4. The van der Waals surface area contributed by atoms with Gasteiger partial charge in [0.05, 0.1) is 13.2 Å². The summed E-state index contributed by atoms with van der Waals surface area (Å²) in [5.74, 6) is -0.644. The molecule has 0 bridgehead atoms. The highest BCUT2D eigenvalue weighted by atomic mass is 28.4. The maximum absolute atomic E-state index is 11.9. The van der Waals surface area contributed by atoms with Gasteiger partial charge in [-0.05, 0) is 59.5 Å². The zero-order valence-electron chi connectivity index (χ0n) is 30.5. The number of unbranched alkanes of at least 4 members (excludes halogenated alkanes) is 6. The lowest BCUT2D eigenvalue weighted by Crippen LogP contribution is -2.72. The summed E-state index contributed by atoms with van der Waals surface area (Å²) in [6.45, 7) is 11.6. The van der Waals surface area contributed by atoms with E-state index in [0.29, 0.717) is 24.4 Å². The molecule has 4 rings (SSSR count). The highest BCUT2D eigenvalue weighted by Crippen LogP contribution is 2.27. The third-order valence-corrected chi connectivity index (χ3v) is 19.3. The van der Waals surface area contributed by atoms with Gasteiger partial charge in [0.1, 0.15) is 0 Å². The summed E-state index contributed by atoms with van der Waals surface area (Å²) >= 11 is 0. The van der Waals surface area contributed by atoms with Gasteiger partial charge in [-0.3, -0.25) is 0 Å². The SMILES string of the molecule is C=C(C)C(=O)OCCCCCC[Si](O[Si](CCCCCCOC(=O)C(=C)C)(c1ccccc1)c1ccccc1)(c1ccccc1)c1ccccc1. The van der Waals surface area contributed by atoms with E-state index in [-0.39, 0.29) is 11.9 Å². The molecule has 0 saturated carbocycles. The Morgan fingerprint density at radius 1 is 0.451 bits per heavy atom. The van der Waals surface area contributed by atoms with Crippen LogP contribution < -0.4 is 20.7 Å². The molecule has 0 aromatic heterocycles. The van der Waals surface area contributed by atoms with Crippen molar-refractivity contribution in [2.24, 2.45) is 0 Å². The summed E-state index contributed by atoms with van der Waals surface area (Å²) in [6, 6.07) is 45.6. The average Bonchev–Trinajstić information content (AvgIpc) is 3.17. The minimum Gasteiger partial charge on any atom is -0.462 e. The summed E-state index contributed by atoms with van der Waals surface area (Å²) in [7, 11) is -5.71. The third kappa shape index (κ3) is 11.3. The van der Waals surface area contributed by atoms with Crippen molar-refractivity contribution in [3.63, 3.8) is 0 Å². The lowest BCUT2D eigenvalue weighted by molar-refractivity contribution is -0.139. The zero-order valence-corrected chi connectivity index (χ0v) is 32.5. The van der Waals surface area contributed by atoms with E-state index in [4.69, 9.17) is 13.6 Å². The fourth-order valence-corrected chi connectivity index (χ4v) is 17.9. The maximum Gasteiger partial charge on any atom is 0.333 e. The van der Waals surface area contributed by atoms with Gasteiger partial charge < -0.3 is 13.6 Å². The predicted octanol–water partition coefficient (Wildman–Crippen LogP) is 7.88. The molecule has 5 nitrogen and oxygen atoms in total. The monoisotopic (exact) mass is 718 g/mol. The molecule has 0 aliphatic carbocycles. The molecule has 7 heteroatoms. The van der Waals surface area contributed by atoms with E-state index in [1.807, 2.05) is 0 Å². The quantitative estimate of drug-likeness (QED) is 0.0358. The number of rotatable bonds is 22. The topological polar surface area (TPSA) is 61.8 Å². The van der Waals surface area contributed by atoms with Gasteiger partial charge in [-0.15, -0.1) is 0 Å². The van der Waals surface area contributed by atoms with Crippen LogP contribution in [0, 0.1) is 0 Å². The first kappa shape index (κ1) is 39.5. The van der Waals surface area contributed by atoms with Crippen LogP contribution >= 0.6 is 0 Å². The number of benzene rings is 4. The lowest BCUT2D eigenvalue weighted by Gasteiger charge is -2.44. The van der Waals surface area contributed by atoms with E-state index in [0.717, 1.165) is 63.5 Å². The molecule has 0 aliphatic heterocycles. The van der Waals surface area contributed by atoms with Gasteiger partial charge in [-0.2, -0.15) is 0 Å². The summed E-state index contributed by atoms with van der Waals surface area (Å²) < 4.78 is 19.0. The number of hydrogen-bond donors (Lipinski definition) is 0. The Hall–Kier alpha value is -4.31. The van der Waals surface area contributed by atoms with Gasteiger partial charge in [-0.1, -0.05) is 173 Å². The van der Waals surface area contributed by atoms with Gasteiger partial charge in [0.15, 0.2) is 0 Å². The van der Waals surface area contributed by atoms with Gasteiger partial charge >= 0.3 is 11.9 Å². The van der Waals surface area contributed by atoms with Crippen molar-refractivity contribution in [1.29, 1.82) is 0 Å². The van der Waals surface area contributed by atoms with Crippen LogP contribution in [-0.2, 0) is 23.2 Å². The van der Waals surface area contributed by atoms with Crippen LogP contribution in [0.15, 0.2) is 146 Å². The Morgan fingerprint density at radius 2 is 0.725 bits per heavy atom. The van der Waals surface area contributed by atoms with Crippen LogP contribution in [-0.4, -0.2) is 41.8 Å². The molecule has 0 unspecified atom stereocenters. The smallest absolute Gasteiger partial charge is 0.333 e. The first-order chi connectivity index (χ1) is 24.8. The number of ether oxygens (including phenoxy) is 2. The van der Waals surface area contributed by atoms with E-state index >= 15 is 0 Å². The molecule has 0 aliphatic rings. The average molecular weight is 719 g/mol. The number of carbonyl (C=O) groups excluding carboxylic acids is 2. The minimum absolute atomic E-state index is 0.322. The molecule has 268 valence electrons. The fraction of sp³-hybridized carbons (Fsp3) is 0.318. The molecule has 0 radical (unpaired) electrons. The largest absolute Gasteiger partial charge is 0.462 e. The summed E-state index contributed by atoms with van der Waals surface area (Å²) in [5, 5.41) is 5.15. The fourth-order valence-electron chi connectivity index (χ4n) is 6.61. The summed E-state index contributed by atoms with van der Waals surface area (Å²) in [4.78, 5) is 23.8. The molecule has 0 N–H and O–H groups in total. The van der Waals surface area contributed by atoms with Crippen LogP contribution in [0.5, 0.6) is 0 Å². The van der Waals surface area contributed by atoms with Gasteiger partial charge in [-0.25, -0.2) is 9.59 Å². The Bertz CT molecular complexity index is 1460. The molecular formula is C44H54O5Si2. The Labute approximate surface area is 307 Å². The van der Waals surface area contributed by atoms with Crippen molar-refractivity contribution in [3.05, 3.63) is 146 Å². The molecule has 0 atom stereocenters. The Balaban J connectivity index is 1.69. The van der Waals surface area contributed by atoms with E-state index in [1.165, 1.54) is 20.7 Å². The second-order valence-corrected chi connectivity index (χ2v) is 20.8. The highest BCUT2D eigenvalue weighted by molar-refractivity contribution is 7.09. The molecule has 0 fully saturated rings. The van der Waals surface area contributed by atoms with E-state index < -0.39 is 16.6 Å². The van der Waals surface area contributed by atoms with Crippen LogP contribution in [0.25, 0.3) is 0 Å². The van der Waals surface area contributed by atoms with Crippen molar-refractivity contribution in [2.75, 3.05) is 13.2 Å². The first-order valence-corrected chi connectivity index (χ1v) is 22.6. The van der Waals surface area contributed by atoms with E-state index in [1.54, 1.807) is 13.8 Å². The van der Waals surface area contributed by atoms with Crippen molar-refractivity contribution in [2.45, 2.75) is 77.3 Å². The molecule has 4 aromatic rings. The second kappa shape index (κ2) is 20.5. The minimum atomic E-state index is -2.86.